The van der Waals surface area contributed by atoms with Crippen molar-refractivity contribution in [1.29, 1.82) is 0 Å². The fraction of sp³-hybridized carbons (Fsp3) is 0.238. The maximum atomic E-state index is 13.8. The number of fused-ring (bicyclic) bond motifs is 1. The highest BCUT2D eigenvalue weighted by molar-refractivity contribution is 7.99. The van der Waals surface area contributed by atoms with Gasteiger partial charge in [-0.05, 0) is 31.2 Å². The Morgan fingerprint density at radius 2 is 1.91 bits per heavy atom. The molecule has 1 N–H and O–H groups in total. The van der Waals surface area contributed by atoms with Crippen molar-refractivity contribution in [3.05, 3.63) is 54.1 Å². The van der Waals surface area contributed by atoms with Gasteiger partial charge in [-0.25, -0.2) is 0 Å². The molecule has 0 saturated heterocycles. The molecule has 0 spiro atoms. The van der Waals surface area contributed by atoms with Gasteiger partial charge >= 0.3 is 6.18 Å². The summed E-state index contributed by atoms with van der Waals surface area (Å²) in [6, 6.07) is 10.9. The molecule has 3 aromatic rings. The summed E-state index contributed by atoms with van der Waals surface area (Å²) in [5.74, 6) is -1.80. The number of anilines is 2. The molecule has 1 atom stereocenters. The van der Waals surface area contributed by atoms with Crippen molar-refractivity contribution in [2.45, 2.75) is 30.8 Å². The Kier molecular flexibility index (Phi) is 5.92. The summed E-state index contributed by atoms with van der Waals surface area (Å²) < 4.78 is 46.8. The number of para-hydroxylation sites is 2. The van der Waals surface area contributed by atoms with Crippen LogP contribution < -0.4 is 10.2 Å². The molecule has 0 bridgehead atoms. The fourth-order valence-electron chi connectivity index (χ4n) is 3.27. The number of halogens is 3. The number of amides is 2. The van der Waals surface area contributed by atoms with E-state index in [-0.39, 0.29) is 28.2 Å². The van der Waals surface area contributed by atoms with Crippen LogP contribution in [-0.4, -0.2) is 40.0 Å². The second-order valence-electron chi connectivity index (χ2n) is 7.12. The van der Waals surface area contributed by atoms with Gasteiger partial charge in [0.05, 0.1) is 23.5 Å². The summed E-state index contributed by atoms with van der Waals surface area (Å²) >= 11 is 0.832. The van der Waals surface area contributed by atoms with E-state index in [9.17, 15) is 22.8 Å². The molecule has 32 heavy (non-hydrogen) atoms. The van der Waals surface area contributed by atoms with Crippen molar-refractivity contribution >= 4 is 35.0 Å². The molecule has 1 unspecified atom stereocenters. The Morgan fingerprint density at radius 3 is 2.62 bits per heavy atom. The van der Waals surface area contributed by atoms with Gasteiger partial charge in [-0.1, -0.05) is 41.6 Å². The lowest BCUT2D eigenvalue weighted by molar-refractivity contribution is -0.157. The van der Waals surface area contributed by atoms with Crippen LogP contribution in [0.25, 0.3) is 11.5 Å². The maximum Gasteiger partial charge on any atom is 0.409 e. The van der Waals surface area contributed by atoms with Gasteiger partial charge in [0.25, 0.3) is 5.22 Å². The van der Waals surface area contributed by atoms with E-state index in [0.717, 1.165) is 17.3 Å². The van der Waals surface area contributed by atoms with Gasteiger partial charge in [-0.15, -0.1) is 10.2 Å². The van der Waals surface area contributed by atoms with Crippen molar-refractivity contribution in [2.24, 2.45) is 0 Å². The summed E-state index contributed by atoms with van der Waals surface area (Å²) in [7, 11) is 0. The molecule has 0 fully saturated rings. The van der Waals surface area contributed by atoms with Crippen molar-refractivity contribution in [2.75, 3.05) is 16.0 Å². The van der Waals surface area contributed by atoms with E-state index in [1.165, 1.54) is 18.2 Å². The highest BCUT2D eigenvalue weighted by Gasteiger charge is 2.48. The Balaban J connectivity index is 1.56. The molecule has 0 aliphatic carbocycles. The minimum Gasteiger partial charge on any atom is -0.411 e. The minimum atomic E-state index is -4.79. The zero-order chi connectivity index (χ0) is 22.9. The number of nitrogens with zero attached hydrogens (tertiary/aromatic N) is 3. The van der Waals surface area contributed by atoms with Gasteiger partial charge < -0.3 is 9.73 Å². The third-order valence-corrected chi connectivity index (χ3v) is 5.60. The summed E-state index contributed by atoms with van der Waals surface area (Å²) in [5.41, 5.74) is 1.86. The number of carbonyl (C=O) groups excluding carboxylic acids is 2. The predicted octanol–water partition coefficient (Wildman–Crippen LogP) is 4.44. The molecule has 166 valence electrons. The minimum absolute atomic E-state index is 0.0165. The van der Waals surface area contributed by atoms with Crippen LogP contribution in [0.4, 0.5) is 24.5 Å². The number of benzene rings is 2. The number of thioether (sulfide) groups is 1. The lowest BCUT2D eigenvalue weighted by Crippen LogP contribution is -2.50. The summed E-state index contributed by atoms with van der Waals surface area (Å²) in [4.78, 5) is 25.6. The van der Waals surface area contributed by atoms with E-state index >= 15 is 0 Å². The number of hydrogen-bond donors (Lipinski definition) is 1. The van der Waals surface area contributed by atoms with E-state index < -0.39 is 30.5 Å². The highest BCUT2D eigenvalue weighted by atomic mass is 32.2. The van der Waals surface area contributed by atoms with Crippen molar-refractivity contribution in [1.82, 2.24) is 10.2 Å². The number of rotatable bonds is 4. The Morgan fingerprint density at radius 1 is 1.19 bits per heavy atom. The lowest BCUT2D eigenvalue weighted by atomic mass is 10.1. The van der Waals surface area contributed by atoms with Gasteiger partial charge in [0.15, 0.2) is 0 Å². The van der Waals surface area contributed by atoms with E-state index in [0.29, 0.717) is 10.5 Å². The number of hydrogen-bond acceptors (Lipinski definition) is 6. The molecule has 0 saturated carbocycles. The van der Waals surface area contributed by atoms with Crippen LogP contribution >= 0.6 is 11.8 Å². The van der Waals surface area contributed by atoms with E-state index in [1.54, 1.807) is 18.2 Å². The second-order valence-corrected chi connectivity index (χ2v) is 8.05. The molecular formula is C21H17F3N4O3S. The molecule has 2 heterocycles. The van der Waals surface area contributed by atoms with Crippen LogP contribution in [0.1, 0.15) is 12.0 Å². The van der Waals surface area contributed by atoms with Gasteiger partial charge in [0.2, 0.25) is 17.7 Å². The van der Waals surface area contributed by atoms with Crippen LogP contribution in [0.2, 0.25) is 0 Å². The van der Waals surface area contributed by atoms with E-state index in [1.807, 2.05) is 19.1 Å². The van der Waals surface area contributed by atoms with E-state index in [2.05, 4.69) is 15.5 Å². The first kappa shape index (κ1) is 21.9. The predicted molar refractivity (Wildman–Crippen MR) is 112 cm³/mol. The van der Waals surface area contributed by atoms with Crippen LogP contribution in [0.3, 0.4) is 0 Å². The highest BCUT2D eigenvalue weighted by Crippen LogP contribution is 2.38. The summed E-state index contributed by atoms with van der Waals surface area (Å²) in [6.45, 7) is 1.93. The third kappa shape index (κ3) is 4.62. The standard InChI is InChI=1S/C21H17F3N4O3S/c1-12-6-8-13(9-7-12)19-26-27-20(31-19)32-11-18(30)28-15-5-3-2-4-14(15)25-17(29)10-16(28)21(22,23)24/h2-9,16H,10-11H2,1H3,(H,25,29). The van der Waals surface area contributed by atoms with Gasteiger partial charge in [0, 0.05) is 5.56 Å². The van der Waals surface area contributed by atoms with Crippen LogP contribution in [-0.2, 0) is 9.59 Å². The largest absolute Gasteiger partial charge is 0.411 e. The lowest BCUT2D eigenvalue weighted by Gasteiger charge is -2.31. The summed E-state index contributed by atoms with van der Waals surface area (Å²) in [6.07, 6.45) is -5.69. The van der Waals surface area contributed by atoms with Gasteiger partial charge in [-0.2, -0.15) is 13.2 Å². The Hall–Kier alpha value is -3.34. The second kappa shape index (κ2) is 8.65. The molecule has 0 radical (unpaired) electrons. The third-order valence-electron chi connectivity index (χ3n) is 4.80. The fourth-order valence-corrected chi connectivity index (χ4v) is 3.89. The molecule has 2 aromatic carbocycles. The normalized spacial score (nSPS) is 16.3. The maximum absolute atomic E-state index is 13.8. The first-order chi connectivity index (χ1) is 15.2. The van der Waals surface area contributed by atoms with Crippen LogP contribution in [0.15, 0.2) is 58.2 Å². The van der Waals surface area contributed by atoms with Crippen molar-refractivity contribution < 1.29 is 27.2 Å². The molecule has 1 aliphatic heterocycles. The van der Waals surface area contributed by atoms with Gasteiger partial charge in [0.1, 0.15) is 6.04 Å². The Bertz CT molecular complexity index is 1150. The topological polar surface area (TPSA) is 88.3 Å². The summed E-state index contributed by atoms with van der Waals surface area (Å²) in [5, 5.41) is 10.3. The number of aryl methyl sites for hydroxylation is 1. The van der Waals surface area contributed by atoms with Crippen LogP contribution in [0.5, 0.6) is 0 Å². The molecular weight excluding hydrogens is 445 g/mol. The molecule has 4 rings (SSSR count). The van der Waals surface area contributed by atoms with E-state index in [4.69, 9.17) is 4.42 Å². The first-order valence-corrected chi connectivity index (χ1v) is 10.5. The SMILES string of the molecule is Cc1ccc(-c2nnc(SCC(=O)N3c4ccccc4NC(=O)CC3C(F)(F)F)o2)cc1. The molecule has 2 amide bonds. The number of aromatic nitrogens is 2. The monoisotopic (exact) mass is 462 g/mol. The van der Waals surface area contributed by atoms with Crippen molar-refractivity contribution in [3.63, 3.8) is 0 Å². The zero-order valence-electron chi connectivity index (χ0n) is 16.7. The first-order valence-electron chi connectivity index (χ1n) is 9.53. The number of alkyl halides is 3. The van der Waals surface area contributed by atoms with Crippen LogP contribution in [0, 0.1) is 6.92 Å². The number of carbonyl (C=O) groups is 2. The average molecular weight is 462 g/mol. The molecule has 7 nitrogen and oxygen atoms in total. The van der Waals surface area contributed by atoms with Crippen molar-refractivity contribution in [3.8, 4) is 11.5 Å². The Labute approximate surface area is 185 Å². The smallest absolute Gasteiger partial charge is 0.409 e. The molecule has 11 heteroatoms. The quantitative estimate of drug-likeness (QED) is 0.577. The average Bonchev–Trinajstić information content (AvgIpc) is 3.15. The molecule has 1 aliphatic rings. The zero-order valence-corrected chi connectivity index (χ0v) is 17.5. The van der Waals surface area contributed by atoms with Gasteiger partial charge in [-0.3, -0.25) is 14.5 Å². The number of nitrogens with one attached hydrogen (secondary N) is 1. The molecule has 1 aromatic heterocycles.